The molecule has 11 heteroatoms. The highest BCUT2D eigenvalue weighted by molar-refractivity contribution is 6.30. The molecule has 3 N–H and O–H groups in total. The number of ether oxygens (including phenoxy) is 1. The summed E-state index contributed by atoms with van der Waals surface area (Å²) < 4.78 is 10.6. The summed E-state index contributed by atoms with van der Waals surface area (Å²) in [5.74, 6) is -0.546. The largest absolute Gasteiger partial charge is 0.467 e. The molecule has 36 heavy (non-hydrogen) atoms. The summed E-state index contributed by atoms with van der Waals surface area (Å²) in [6.45, 7) is 3.65. The topological polar surface area (TPSA) is 135 Å². The number of benzene rings is 2. The van der Waals surface area contributed by atoms with Gasteiger partial charge in [-0.25, -0.2) is 9.59 Å². The van der Waals surface area contributed by atoms with E-state index in [0.29, 0.717) is 34.8 Å². The van der Waals surface area contributed by atoms with Gasteiger partial charge in [0.15, 0.2) is 0 Å². The lowest BCUT2D eigenvalue weighted by molar-refractivity contribution is -0.146. The molecule has 1 atom stereocenters. The van der Waals surface area contributed by atoms with Crippen LogP contribution in [0.1, 0.15) is 32.6 Å². The van der Waals surface area contributed by atoms with Crippen molar-refractivity contribution in [2.75, 3.05) is 17.7 Å². The first-order chi connectivity index (χ1) is 17.2. The monoisotopic (exact) mass is 511 g/mol. The molecule has 188 valence electrons. The Balaban J connectivity index is 1.41. The van der Waals surface area contributed by atoms with Gasteiger partial charge in [-0.3, -0.25) is 4.79 Å². The number of rotatable bonds is 8. The van der Waals surface area contributed by atoms with E-state index in [2.05, 4.69) is 26.1 Å². The minimum atomic E-state index is -0.952. The molecule has 1 aliphatic rings. The third-order valence-corrected chi connectivity index (χ3v) is 6.13. The first kappa shape index (κ1) is 25.2. The van der Waals surface area contributed by atoms with Gasteiger partial charge in [0, 0.05) is 22.0 Å². The lowest BCUT2D eigenvalue weighted by Crippen LogP contribution is -2.48. The van der Waals surface area contributed by atoms with Gasteiger partial charge in [0.25, 0.3) is 0 Å². The average Bonchev–Trinajstić information content (AvgIpc) is 3.51. The van der Waals surface area contributed by atoms with Gasteiger partial charge < -0.3 is 25.1 Å². The fourth-order valence-corrected chi connectivity index (χ4v) is 3.85. The molecule has 3 amide bonds. The number of nitrogens with zero attached hydrogens (tertiary/aromatic N) is 2. The van der Waals surface area contributed by atoms with Crippen molar-refractivity contribution in [1.29, 1.82) is 0 Å². The van der Waals surface area contributed by atoms with E-state index in [1.807, 2.05) is 13.8 Å². The molecule has 1 aromatic heterocycles. The van der Waals surface area contributed by atoms with E-state index >= 15 is 0 Å². The highest BCUT2D eigenvalue weighted by atomic mass is 35.5. The van der Waals surface area contributed by atoms with E-state index < -0.39 is 23.5 Å². The average molecular weight is 512 g/mol. The van der Waals surface area contributed by atoms with Gasteiger partial charge in [-0.2, -0.15) is 0 Å². The molecular weight excluding hydrogens is 486 g/mol. The number of anilines is 2. The molecule has 0 unspecified atom stereocenters. The molecule has 2 aromatic carbocycles. The molecule has 1 fully saturated rings. The first-order valence-corrected chi connectivity index (χ1v) is 11.8. The predicted octanol–water partition coefficient (Wildman–Crippen LogP) is 4.38. The van der Waals surface area contributed by atoms with Crippen LogP contribution in [-0.4, -0.2) is 41.3 Å². The van der Waals surface area contributed by atoms with Gasteiger partial charge in [-0.15, -0.1) is 10.2 Å². The molecule has 1 heterocycles. The van der Waals surface area contributed by atoms with Crippen molar-refractivity contribution < 1.29 is 23.5 Å². The lowest BCUT2D eigenvalue weighted by Gasteiger charge is -2.22. The van der Waals surface area contributed by atoms with Crippen LogP contribution in [0, 0.1) is 5.92 Å². The lowest BCUT2D eigenvalue weighted by atomic mass is 10.0. The van der Waals surface area contributed by atoms with Crippen molar-refractivity contribution in [3.63, 3.8) is 0 Å². The second-order valence-electron chi connectivity index (χ2n) is 8.88. The van der Waals surface area contributed by atoms with Crippen LogP contribution in [0.3, 0.4) is 0 Å². The summed E-state index contributed by atoms with van der Waals surface area (Å²) in [7, 11) is 1.29. The Morgan fingerprint density at radius 3 is 2.33 bits per heavy atom. The number of hydrogen-bond acceptors (Lipinski definition) is 7. The summed E-state index contributed by atoms with van der Waals surface area (Å²) >= 11 is 5.94. The molecule has 0 saturated heterocycles. The summed E-state index contributed by atoms with van der Waals surface area (Å²) in [5.41, 5.74) is 0.796. The number of methoxy groups -OCH3 is 1. The number of carbonyl (C=O) groups is 3. The number of nitrogens with one attached hydrogen (secondary N) is 3. The predicted molar refractivity (Wildman–Crippen MR) is 134 cm³/mol. The Morgan fingerprint density at radius 1 is 1.03 bits per heavy atom. The number of halogens is 1. The standard InChI is InChI=1S/C25H26ClN5O5/c1-14(2)19(21(32)35-3)29-22(33)25(11-12-25)23-31-30-20(36-23)15-7-9-17(10-8-15)27-24(34)28-18-6-4-5-16(26)13-18/h4-10,13-14,19H,11-12H2,1-3H3,(H,29,33)(H2,27,28,34)/t19-/m0/s1. The molecule has 0 aliphatic heterocycles. The number of carbonyl (C=O) groups excluding carboxylic acids is 3. The molecule has 10 nitrogen and oxygen atoms in total. The fourth-order valence-electron chi connectivity index (χ4n) is 3.66. The van der Waals surface area contributed by atoms with Crippen molar-refractivity contribution in [3.8, 4) is 11.5 Å². The summed E-state index contributed by atoms with van der Waals surface area (Å²) in [6, 6.07) is 12.5. The van der Waals surface area contributed by atoms with Gasteiger partial charge >= 0.3 is 12.0 Å². The minimum absolute atomic E-state index is 0.143. The maximum atomic E-state index is 13.0. The van der Waals surface area contributed by atoms with Crippen molar-refractivity contribution in [2.24, 2.45) is 5.92 Å². The number of amides is 3. The highest BCUT2D eigenvalue weighted by Crippen LogP contribution is 2.48. The van der Waals surface area contributed by atoms with Crippen LogP contribution in [0.25, 0.3) is 11.5 Å². The van der Waals surface area contributed by atoms with Gasteiger partial charge in [0.1, 0.15) is 11.5 Å². The van der Waals surface area contributed by atoms with Crippen LogP contribution in [0.2, 0.25) is 5.02 Å². The molecule has 3 aromatic rings. The van der Waals surface area contributed by atoms with Gasteiger partial charge in [-0.1, -0.05) is 31.5 Å². The number of urea groups is 1. The van der Waals surface area contributed by atoms with E-state index in [9.17, 15) is 14.4 Å². The first-order valence-electron chi connectivity index (χ1n) is 11.4. The van der Waals surface area contributed by atoms with E-state index in [1.54, 1.807) is 48.5 Å². The molecule has 1 aliphatic carbocycles. The normalized spacial score (nSPS) is 14.6. The van der Waals surface area contributed by atoms with Crippen LogP contribution in [0.4, 0.5) is 16.2 Å². The SMILES string of the molecule is COC(=O)[C@@H](NC(=O)C1(c2nnc(-c3ccc(NC(=O)Nc4cccc(Cl)c4)cc3)o2)CC1)C(C)C. The Labute approximate surface area is 212 Å². The molecule has 4 rings (SSSR count). The Hall–Kier alpha value is -3.92. The highest BCUT2D eigenvalue weighted by Gasteiger charge is 2.56. The third kappa shape index (κ3) is 5.49. The molecule has 0 spiro atoms. The second kappa shape index (κ2) is 10.4. The minimum Gasteiger partial charge on any atom is -0.467 e. The Bertz CT molecular complexity index is 1270. The van der Waals surface area contributed by atoms with Crippen LogP contribution in [0.15, 0.2) is 52.9 Å². The zero-order valence-corrected chi connectivity index (χ0v) is 20.8. The van der Waals surface area contributed by atoms with Crippen molar-refractivity contribution in [3.05, 3.63) is 59.4 Å². The molecule has 1 saturated carbocycles. The maximum Gasteiger partial charge on any atom is 0.328 e. The zero-order valence-electron chi connectivity index (χ0n) is 20.0. The summed E-state index contributed by atoms with van der Waals surface area (Å²) in [5, 5.41) is 16.9. The van der Waals surface area contributed by atoms with Gasteiger partial charge in [-0.05, 0) is 61.2 Å². The van der Waals surface area contributed by atoms with Gasteiger partial charge in [0.2, 0.25) is 17.7 Å². The maximum absolute atomic E-state index is 13.0. The van der Waals surface area contributed by atoms with Crippen molar-refractivity contribution >= 4 is 40.9 Å². The molecule has 0 bridgehead atoms. The van der Waals surface area contributed by atoms with Crippen LogP contribution in [0.5, 0.6) is 0 Å². The number of hydrogen-bond donors (Lipinski definition) is 3. The van der Waals surface area contributed by atoms with Crippen molar-refractivity contribution in [2.45, 2.75) is 38.1 Å². The second-order valence-corrected chi connectivity index (χ2v) is 9.32. The van der Waals surface area contributed by atoms with E-state index in [0.717, 1.165) is 0 Å². The smallest absolute Gasteiger partial charge is 0.328 e. The quantitative estimate of drug-likeness (QED) is 0.382. The van der Waals surface area contributed by atoms with Crippen molar-refractivity contribution in [1.82, 2.24) is 15.5 Å². The Kier molecular flexibility index (Phi) is 7.25. The number of aromatic nitrogens is 2. The molecular formula is C25H26ClN5O5. The zero-order chi connectivity index (χ0) is 25.9. The fraction of sp³-hybridized carbons (Fsp3) is 0.320. The van der Waals surface area contributed by atoms with Gasteiger partial charge in [0.05, 0.1) is 7.11 Å². The van der Waals surface area contributed by atoms with E-state index in [1.165, 1.54) is 7.11 Å². The van der Waals surface area contributed by atoms with Crippen LogP contribution >= 0.6 is 11.6 Å². The van der Waals surface area contributed by atoms with Crippen LogP contribution < -0.4 is 16.0 Å². The number of esters is 1. The summed E-state index contributed by atoms with van der Waals surface area (Å²) in [4.78, 5) is 37.3. The van der Waals surface area contributed by atoms with E-state index in [4.69, 9.17) is 20.8 Å². The summed E-state index contributed by atoms with van der Waals surface area (Å²) in [6.07, 6.45) is 1.08. The van der Waals surface area contributed by atoms with E-state index in [-0.39, 0.29) is 23.6 Å². The Morgan fingerprint density at radius 2 is 1.72 bits per heavy atom. The van der Waals surface area contributed by atoms with Crippen LogP contribution in [-0.2, 0) is 19.7 Å². The molecule has 0 radical (unpaired) electrons. The third-order valence-electron chi connectivity index (χ3n) is 5.90.